The number of amides is 1. The van der Waals surface area contributed by atoms with Crippen molar-refractivity contribution in [2.75, 3.05) is 27.2 Å². The first-order valence-electron chi connectivity index (χ1n) is 6.80. The van der Waals surface area contributed by atoms with Crippen LogP contribution in [0, 0.1) is 15.9 Å². The van der Waals surface area contributed by atoms with Crippen molar-refractivity contribution in [3.8, 4) is 0 Å². The lowest BCUT2D eigenvalue weighted by molar-refractivity contribution is -0.387. The van der Waals surface area contributed by atoms with Crippen LogP contribution < -0.4 is 0 Å². The average molecular weight is 295 g/mol. The number of likely N-dealkylation sites (tertiary alicyclic amines) is 1. The van der Waals surface area contributed by atoms with Crippen LogP contribution in [0.15, 0.2) is 18.2 Å². The van der Waals surface area contributed by atoms with Gasteiger partial charge in [-0.05, 0) is 45.1 Å². The third-order valence-electron chi connectivity index (χ3n) is 3.95. The van der Waals surface area contributed by atoms with Crippen molar-refractivity contribution < 1.29 is 14.1 Å². The molecule has 1 fully saturated rings. The Kier molecular flexibility index (Phi) is 4.52. The lowest BCUT2D eigenvalue weighted by Crippen LogP contribution is -2.44. The molecule has 1 saturated heterocycles. The minimum Gasteiger partial charge on any atom is -0.339 e. The van der Waals surface area contributed by atoms with Crippen molar-refractivity contribution in [1.82, 2.24) is 9.80 Å². The van der Waals surface area contributed by atoms with Crippen molar-refractivity contribution in [1.29, 1.82) is 0 Å². The van der Waals surface area contributed by atoms with E-state index in [0.29, 0.717) is 0 Å². The zero-order valence-corrected chi connectivity index (χ0v) is 12.1. The number of carbonyl (C=O) groups is 1. The smallest absolute Gasteiger partial charge is 0.304 e. The number of hydrogen-bond donors (Lipinski definition) is 0. The van der Waals surface area contributed by atoms with E-state index in [1.54, 1.807) is 11.9 Å². The van der Waals surface area contributed by atoms with Crippen LogP contribution in [0.5, 0.6) is 0 Å². The second kappa shape index (κ2) is 6.17. The van der Waals surface area contributed by atoms with E-state index in [1.165, 1.54) is 6.07 Å². The Hall–Kier alpha value is -2.02. The molecule has 1 aromatic rings. The molecule has 6 nitrogen and oxygen atoms in total. The van der Waals surface area contributed by atoms with Crippen LogP contribution in [0.3, 0.4) is 0 Å². The molecule has 0 aliphatic carbocycles. The molecule has 0 N–H and O–H groups in total. The molecule has 0 unspecified atom stereocenters. The number of hydrogen-bond acceptors (Lipinski definition) is 4. The largest absolute Gasteiger partial charge is 0.339 e. The maximum Gasteiger partial charge on any atom is 0.304 e. The summed E-state index contributed by atoms with van der Waals surface area (Å²) in [4.78, 5) is 25.9. The molecule has 0 aromatic heterocycles. The third-order valence-corrected chi connectivity index (χ3v) is 3.95. The average Bonchev–Trinajstić information content (AvgIpc) is 2.46. The third kappa shape index (κ3) is 3.36. The summed E-state index contributed by atoms with van der Waals surface area (Å²) < 4.78 is 13.6. The summed E-state index contributed by atoms with van der Waals surface area (Å²) in [7, 11) is 3.72. The molecule has 1 heterocycles. The first-order chi connectivity index (χ1) is 9.90. The monoisotopic (exact) mass is 295 g/mol. The predicted molar refractivity (Wildman–Crippen MR) is 75.7 cm³/mol. The summed E-state index contributed by atoms with van der Waals surface area (Å²) in [5, 5.41) is 10.6. The van der Waals surface area contributed by atoms with Gasteiger partial charge < -0.3 is 9.80 Å². The van der Waals surface area contributed by atoms with Crippen molar-refractivity contribution in [2.24, 2.45) is 0 Å². The number of rotatable bonds is 3. The normalized spacial score (nSPS) is 16.7. The fraction of sp³-hybridized carbons (Fsp3) is 0.500. The van der Waals surface area contributed by atoms with Gasteiger partial charge in [0, 0.05) is 24.7 Å². The molecule has 0 bridgehead atoms. The Labute approximate surface area is 122 Å². The molecule has 0 radical (unpaired) electrons. The van der Waals surface area contributed by atoms with Crippen LogP contribution in [0.25, 0.3) is 0 Å². The Morgan fingerprint density at radius 2 is 2.05 bits per heavy atom. The van der Waals surface area contributed by atoms with Gasteiger partial charge in [-0.2, -0.15) is 4.39 Å². The lowest BCUT2D eigenvalue weighted by atomic mass is 10.0. The summed E-state index contributed by atoms with van der Waals surface area (Å²) >= 11 is 0. The van der Waals surface area contributed by atoms with E-state index in [2.05, 4.69) is 4.90 Å². The van der Waals surface area contributed by atoms with Gasteiger partial charge in [0.1, 0.15) is 0 Å². The fourth-order valence-corrected chi connectivity index (χ4v) is 2.54. The molecule has 114 valence electrons. The summed E-state index contributed by atoms with van der Waals surface area (Å²) in [6.45, 7) is 1.83. The first-order valence-corrected chi connectivity index (χ1v) is 6.80. The number of piperidine rings is 1. The van der Waals surface area contributed by atoms with Crippen molar-refractivity contribution in [2.45, 2.75) is 18.9 Å². The maximum absolute atomic E-state index is 13.6. The van der Waals surface area contributed by atoms with E-state index in [-0.39, 0.29) is 17.5 Å². The molecule has 1 aliphatic rings. The number of carbonyl (C=O) groups excluding carboxylic acids is 1. The molecule has 2 rings (SSSR count). The highest BCUT2D eigenvalue weighted by Crippen LogP contribution is 2.21. The van der Waals surface area contributed by atoms with Gasteiger partial charge in [-0.3, -0.25) is 14.9 Å². The highest BCUT2D eigenvalue weighted by Gasteiger charge is 2.26. The van der Waals surface area contributed by atoms with Gasteiger partial charge in [0.2, 0.25) is 5.82 Å². The second-order valence-corrected chi connectivity index (χ2v) is 5.37. The number of nitro groups is 1. The van der Waals surface area contributed by atoms with Crippen LogP contribution >= 0.6 is 0 Å². The van der Waals surface area contributed by atoms with E-state index in [4.69, 9.17) is 0 Å². The molecular formula is C14H18FN3O3. The van der Waals surface area contributed by atoms with Crippen molar-refractivity contribution >= 4 is 11.6 Å². The molecule has 7 heteroatoms. The summed E-state index contributed by atoms with van der Waals surface area (Å²) in [5.74, 6) is -1.29. The molecule has 1 amide bonds. The van der Waals surface area contributed by atoms with Crippen LogP contribution in [0.4, 0.5) is 10.1 Å². The van der Waals surface area contributed by atoms with Crippen molar-refractivity contribution in [3.63, 3.8) is 0 Å². The van der Waals surface area contributed by atoms with Gasteiger partial charge >= 0.3 is 5.69 Å². The zero-order valence-electron chi connectivity index (χ0n) is 12.1. The molecule has 1 aliphatic heterocycles. The minimum atomic E-state index is -0.984. The summed E-state index contributed by atoms with van der Waals surface area (Å²) in [6.07, 6.45) is 1.74. The fourth-order valence-electron chi connectivity index (χ4n) is 2.54. The Morgan fingerprint density at radius 1 is 1.43 bits per heavy atom. The lowest BCUT2D eigenvalue weighted by Gasteiger charge is -2.35. The van der Waals surface area contributed by atoms with Gasteiger partial charge in [-0.1, -0.05) is 0 Å². The van der Waals surface area contributed by atoms with Gasteiger partial charge in [0.25, 0.3) is 5.91 Å². The minimum absolute atomic E-state index is 0.118. The molecule has 0 saturated carbocycles. The highest BCUT2D eigenvalue weighted by atomic mass is 19.1. The molecule has 0 spiro atoms. The molecule has 0 atom stereocenters. The standard InChI is InChI=1S/C14H18FN3O3/c1-16-7-5-11(6-8-16)17(2)14(19)10-3-4-13(18(20)21)12(15)9-10/h3-4,9,11H,5-8H2,1-2H3. The van der Waals surface area contributed by atoms with Gasteiger partial charge in [-0.15, -0.1) is 0 Å². The number of benzene rings is 1. The van der Waals surface area contributed by atoms with Crippen LogP contribution in [-0.2, 0) is 0 Å². The second-order valence-electron chi connectivity index (χ2n) is 5.37. The summed E-state index contributed by atoms with van der Waals surface area (Å²) in [6, 6.07) is 3.39. The first kappa shape index (κ1) is 15.4. The SMILES string of the molecule is CN1CCC(N(C)C(=O)c2ccc([N+](=O)[O-])c(F)c2)CC1. The van der Waals surface area contributed by atoms with Crippen LogP contribution in [0.2, 0.25) is 0 Å². The Balaban J connectivity index is 2.12. The predicted octanol–water partition coefficient (Wildman–Crippen LogP) is 1.90. The number of nitro benzene ring substituents is 1. The Bertz CT molecular complexity index is 556. The van der Waals surface area contributed by atoms with Crippen LogP contribution in [-0.4, -0.2) is 53.9 Å². The maximum atomic E-state index is 13.6. The zero-order chi connectivity index (χ0) is 15.6. The van der Waals surface area contributed by atoms with E-state index in [1.807, 2.05) is 7.05 Å². The Morgan fingerprint density at radius 3 is 2.57 bits per heavy atom. The van der Waals surface area contributed by atoms with Gasteiger partial charge in [-0.25, -0.2) is 0 Å². The summed E-state index contributed by atoms with van der Waals surface area (Å²) in [5.41, 5.74) is -0.479. The topological polar surface area (TPSA) is 66.7 Å². The van der Waals surface area contributed by atoms with Crippen LogP contribution in [0.1, 0.15) is 23.2 Å². The van der Waals surface area contributed by atoms with E-state index >= 15 is 0 Å². The highest BCUT2D eigenvalue weighted by molar-refractivity contribution is 5.94. The van der Waals surface area contributed by atoms with Gasteiger partial charge in [0.15, 0.2) is 0 Å². The van der Waals surface area contributed by atoms with Gasteiger partial charge in [0.05, 0.1) is 4.92 Å². The quantitative estimate of drug-likeness (QED) is 0.631. The van der Waals surface area contributed by atoms with Crippen molar-refractivity contribution in [3.05, 3.63) is 39.7 Å². The van der Waals surface area contributed by atoms with E-state index in [0.717, 1.165) is 38.1 Å². The van der Waals surface area contributed by atoms with E-state index in [9.17, 15) is 19.3 Å². The van der Waals surface area contributed by atoms with E-state index < -0.39 is 16.4 Å². The molecule has 21 heavy (non-hydrogen) atoms. The number of halogens is 1. The number of nitrogens with zero attached hydrogens (tertiary/aromatic N) is 3. The molecular weight excluding hydrogens is 277 g/mol. The molecule has 1 aromatic carbocycles.